The quantitative estimate of drug-likeness (QED) is 0.507. The molecule has 0 heterocycles. The lowest BCUT2D eigenvalue weighted by Gasteiger charge is -2.18. The summed E-state index contributed by atoms with van der Waals surface area (Å²) < 4.78 is 5.17. The second kappa shape index (κ2) is 7.46. The molecule has 2 unspecified atom stereocenters. The Bertz CT molecular complexity index is 260. The summed E-state index contributed by atoms with van der Waals surface area (Å²) >= 11 is 0. The molecular weight excluding hydrogens is 216 g/mol. The summed E-state index contributed by atoms with van der Waals surface area (Å²) in [6, 6.07) is 0. The Balaban J connectivity index is 2.35. The van der Waals surface area contributed by atoms with Crippen LogP contribution in [0.4, 0.5) is 0 Å². The number of rotatable bonds is 7. The number of ether oxygens (including phenoxy) is 1. The maximum absolute atomic E-state index is 11.8. The molecule has 0 radical (unpaired) electrons. The van der Waals surface area contributed by atoms with Crippen molar-refractivity contribution in [3.8, 4) is 0 Å². The average Bonchev–Trinajstić information content (AvgIpc) is 2.68. The molecule has 98 valence electrons. The number of hydrogen-bond donors (Lipinski definition) is 0. The van der Waals surface area contributed by atoms with Crippen LogP contribution in [0.25, 0.3) is 0 Å². The smallest absolute Gasteiger partial charge is 0.305 e. The summed E-state index contributed by atoms with van der Waals surface area (Å²) in [5, 5.41) is 0. The van der Waals surface area contributed by atoms with Gasteiger partial charge in [-0.15, -0.1) is 0 Å². The Labute approximate surface area is 104 Å². The minimum atomic E-state index is -0.156. The molecule has 1 aliphatic carbocycles. The van der Waals surface area contributed by atoms with Crippen LogP contribution < -0.4 is 0 Å². The molecule has 1 rings (SSSR count). The molecule has 3 nitrogen and oxygen atoms in total. The van der Waals surface area contributed by atoms with E-state index in [1.165, 1.54) is 12.8 Å². The van der Waals surface area contributed by atoms with E-state index in [1.54, 1.807) is 6.92 Å². The number of unbranched alkanes of at least 4 members (excludes halogenated alkanes) is 2. The maximum atomic E-state index is 11.8. The van der Waals surface area contributed by atoms with Gasteiger partial charge in [-0.3, -0.25) is 9.59 Å². The van der Waals surface area contributed by atoms with E-state index >= 15 is 0 Å². The van der Waals surface area contributed by atoms with Gasteiger partial charge in [0.2, 0.25) is 0 Å². The molecule has 2 atom stereocenters. The van der Waals surface area contributed by atoms with Gasteiger partial charge in [0, 0.05) is 24.7 Å². The van der Waals surface area contributed by atoms with Crippen LogP contribution in [0.3, 0.4) is 0 Å². The number of esters is 1. The molecule has 0 saturated heterocycles. The van der Waals surface area contributed by atoms with Crippen LogP contribution in [-0.2, 0) is 14.3 Å². The third-order valence-electron chi connectivity index (χ3n) is 3.61. The van der Waals surface area contributed by atoms with Gasteiger partial charge in [-0.25, -0.2) is 0 Å². The van der Waals surface area contributed by atoms with Crippen molar-refractivity contribution in [2.45, 2.75) is 58.8 Å². The zero-order valence-electron chi connectivity index (χ0n) is 11.0. The molecule has 1 saturated carbocycles. The van der Waals surface area contributed by atoms with Gasteiger partial charge in [0.15, 0.2) is 0 Å². The summed E-state index contributed by atoms with van der Waals surface area (Å²) in [5.74, 6) is 0.636. The van der Waals surface area contributed by atoms with Crippen LogP contribution in [0.1, 0.15) is 58.8 Å². The van der Waals surface area contributed by atoms with Crippen molar-refractivity contribution >= 4 is 11.8 Å². The van der Waals surface area contributed by atoms with Crippen molar-refractivity contribution in [2.75, 3.05) is 6.61 Å². The van der Waals surface area contributed by atoms with E-state index in [-0.39, 0.29) is 17.8 Å². The number of hydrogen-bond acceptors (Lipinski definition) is 3. The second-order valence-corrected chi connectivity index (χ2v) is 4.90. The topological polar surface area (TPSA) is 43.4 Å². The third-order valence-corrected chi connectivity index (χ3v) is 3.61. The Morgan fingerprint density at radius 2 is 2.12 bits per heavy atom. The molecule has 0 amide bonds. The molecule has 0 aliphatic heterocycles. The van der Waals surface area contributed by atoms with Crippen LogP contribution in [-0.4, -0.2) is 18.4 Å². The molecule has 0 spiro atoms. The van der Waals surface area contributed by atoms with Crippen molar-refractivity contribution in [1.29, 1.82) is 0 Å². The highest BCUT2D eigenvalue weighted by Crippen LogP contribution is 2.33. The number of carbonyl (C=O) groups is 2. The van der Waals surface area contributed by atoms with Crippen LogP contribution in [0.15, 0.2) is 0 Å². The molecule has 0 aromatic rings. The minimum Gasteiger partial charge on any atom is -0.465 e. The van der Waals surface area contributed by atoms with Crippen LogP contribution in [0, 0.1) is 11.8 Å². The number of ketones is 1. The zero-order valence-corrected chi connectivity index (χ0v) is 11.0. The Morgan fingerprint density at radius 3 is 2.76 bits per heavy atom. The summed E-state index contributed by atoms with van der Waals surface area (Å²) in [6.45, 7) is 4.40. The number of Topliss-reactive ketones (excluding diaryl/α,β-unsaturated/α-hetero) is 1. The highest BCUT2D eigenvalue weighted by atomic mass is 16.5. The first-order valence-electron chi connectivity index (χ1n) is 6.87. The molecule has 0 N–H and O–H groups in total. The van der Waals surface area contributed by atoms with E-state index in [9.17, 15) is 9.59 Å². The fourth-order valence-electron chi connectivity index (χ4n) is 2.49. The first-order valence-corrected chi connectivity index (χ1v) is 6.87. The molecule has 0 aromatic heterocycles. The minimum absolute atomic E-state index is 0.145. The van der Waals surface area contributed by atoms with Gasteiger partial charge in [0.05, 0.1) is 6.61 Å². The van der Waals surface area contributed by atoms with Gasteiger partial charge in [0.1, 0.15) is 5.78 Å². The predicted octanol–water partition coefficient (Wildman–Crippen LogP) is 3.12. The Morgan fingerprint density at radius 1 is 1.35 bits per heavy atom. The van der Waals surface area contributed by atoms with Crippen LogP contribution in [0.5, 0.6) is 0 Å². The summed E-state index contributed by atoms with van der Waals surface area (Å²) in [5.41, 5.74) is 0. The van der Waals surface area contributed by atoms with Crippen molar-refractivity contribution in [3.63, 3.8) is 0 Å². The summed E-state index contributed by atoms with van der Waals surface area (Å²) in [6.07, 6.45) is 6.44. The van der Waals surface area contributed by atoms with Gasteiger partial charge in [0.25, 0.3) is 0 Å². The molecule has 3 heteroatoms. The first-order chi connectivity index (χ1) is 8.19. The van der Waals surface area contributed by atoms with E-state index in [4.69, 9.17) is 4.74 Å². The van der Waals surface area contributed by atoms with Gasteiger partial charge >= 0.3 is 5.97 Å². The molecule has 0 aromatic carbocycles. The largest absolute Gasteiger partial charge is 0.465 e. The van der Waals surface area contributed by atoms with E-state index in [0.29, 0.717) is 25.2 Å². The Kier molecular flexibility index (Phi) is 6.23. The highest BCUT2D eigenvalue weighted by Gasteiger charge is 2.34. The molecule has 1 aliphatic rings. The first kappa shape index (κ1) is 14.2. The second-order valence-electron chi connectivity index (χ2n) is 4.90. The lowest BCUT2D eigenvalue weighted by molar-refractivity contribution is -0.145. The van der Waals surface area contributed by atoms with Crippen LogP contribution in [0.2, 0.25) is 0 Å². The van der Waals surface area contributed by atoms with Gasteiger partial charge in [-0.2, -0.15) is 0 Å². The molecular formula is C14H24O3. The molecule has 17 heavy (non-hydrogen) atoms. The van der Waals surface area contributed by atoms with Gasteiger partial charge < -0.3 is 4.74 Å². The predicted molar refractivity (Wildman–Crippen MR) is 66.6 cm³/mol. The third kappa shape index (κ3) is 4.49. The van der Waals surface area contributed by atoms with Gasteiger partial charge in [-0.1, -0.05) is 33.1 Å². The lowest BCUT2D eigenvalue weighted by atomic mass is 9.91. The van der Waals surface area contributed by atoms with Crippen LogP contribution >= 0.6 is 0 Å². The van der Waals surface area contributed by atoms with Gasteiger partial charge in [-0.05, 0) is 12.8 Å². The van der Waals surface area contributed by atoms with Crippen molar-refractivity contribution in [1.82, 2.24) is 0 Å². The Hall–Kier alpha value is -0.860. The van der Waals surface area contributed by atoms with E-state index in [1.807, 2.05) is 0 Å². The SMILES string of the molecule is CCCCCC1C(=O)CCC1COC(=O)CC. The van der Waals surface area contributed by atoms with E-state index in [0.717, 1.165) is 19.3 Å². The lowest BCUT2D eigenvalue weighted by Crippen LogP contribution is -2.21. The average molecular weight is 240 g/mol. The zero-order chi connectivity index (χ0) is 12.7. The normalized spacial score (nSPS) is 24.0. The van der Waals surface area contributed by atoms with Crippen molar-refractivity contribution in [2.24, 2.45) is 11.8 Å². The summed E-state index contributed by atoms with van der Waals surface area (Å²) in [4.78, 5) is 22.9. The highest BCUT2D eigenvalue weighted by molar-refractivity contribution is 5.83. The fraction of sp³-hybridized carbons (Fsp3) is 0.857. The monoisotopic (exact) mass is 240 g/mol. The van der Waals surface area contributed by atoms with Crippen molar-refractivity contribution in [3.05, 3.63) is 0 Å². The maximum Gasteiger partial charge on any atom is 0.305 e. The van der Waals surface area contributed by atoms with E-state index < -0.39 is 0 Å². The van der Waals surface area contributed by atoms with E-state index in [2.05, 4.69) is 6.92 Å². The van der Waals surface area contributed by atoms with Crippen molar-refractivity contribution < 1.29 is 14.3 Å². The summed E-state index contributed by atoms with van der Waals surface area (Å²) in [7, 11) is 0. The number of carbonyl (C=O) groups excluding carboxylic acids is 2. The standard InChI is InChI=1S/C14H24O3/c1-3-5-6-7-12-11(8-9-13(12)15)10-17-14(16)4-2/h11-12H,3-10H2,1-2H3. The molecule has 0 bridgehead atoms. The fourth-order valence-corrected chi connectivity index (χ4v) is 2.49. The molecule has 1 fully saturated rings.